The fourth-order valence-electron chi connectivity index (χ4n) is 2.75. The van der Waals surface area contributed by atoms with Gasteiger partial charge in [-0.25, -0.2) is 0 Å². The number of fused-ring (bicyclic) bond motifs is 1. The van der Waals surface area contributed by atoms with E-state index < -0.39 is 0 Å². The predicted molar refractivity (Wildman–Crippen MR) is 80.1 cm³/mol. The molecule has 21 heavy (non-hydrogen) atoms. The molecule has 0 saturated carbocycles. The molecule has 3 heteroatoms. The van der Waals surface area contributed by atoms with Crippen molar-refractivity contribution in [3.8, 4) is 5.75 Å². The van der Waals surface area contributed by atoms with E-state index in [2.05, 4.69) is 0 Å². The molecular formula is C18H18O3. The first kappa shape index (κ1) is 13.7. The van der Waals surface area contributed by atoms with Crippen LogP contribution in [0.4, 0.5) is 0 Å². The van der Waals surface area contributed by atoms with Crippen LogP contribution in [-0.2, 0) is 16.0 Å². The zero-order valence-electron chi connectivity index (χ0n) is 12.0. The molecule has 0 radical (unpaired) electrons. The van der Waals surface area contributed by atoms with Gasteiger partial charge in [-0.2, -0.15) is 0 Å². The molecule has 0 aromatic heterocycles. The first-order valence-electron chi connectivity index (χ1n) is 7.25. The zero-order chi connectivity index (χ0) is 14.7. The van der Waals surface area contributed by atoms with Crippen LogP contribution < -0.4 is 4.74 Å². The Balaban J connectivity index is 1.96. The lowest BCUT2D eigenvalue weighted by atomic mass is 9.87. The molecule has 2 unspecified atom stereocenters. The van der Waals surface area contributed by atoms with Crippen LogP contribution in [0.3, 0.4) is 0 Å². The number of carbonyl (C=O) groups excluding carboxylic acids is 1. The predicted octanol–water partition coefficient (Wildman–Crippen LogP) is 3.54. The summed E-state index contributed by atoms with van der Waals surface area (Å²) in [4.78, 5) is 12.3. The van der Waals surface area contributed by atoms with Gasteiger partial charge in [-0.3, -0.25) is 4.79 Å². The number of hydrogen-bond acceptors (Lipinski definition) is 3. The van der Waals surface area contributed by atoms with Gasteiger partial charge in [0.15, 0.2) is 0 Å². The third-order valence-electron chi connectivity index (χ3n) is 3.75. The molecule has 1 aliphatic rings. The molecular weight excluding hydrogens is 264 g/mol. The highest BCUT2D eigenvalue weighted by Crippen LogP contribution is 2.39. The number of para-hydroxylation sites is 1. The highest BCUT2D eigenvalue weighted by molar-refractivity contribution is 5.74. The number of esters is 1. The Morgan fingerprint density at radius 3 is 2.62 bits per heavy atom. The molecule has 0 N–H and O–H groups in total. The van der Waals surface area contributed by atoms with E-state index in [9.17, 15) is 4.79 Å². The molecule has 0 saturated heterocycles. The van der Waals surface area contributed by atoms with E-state index in [0.29, 0.717) is 13.0 Å². The summed E-state index contributed by atoms with van der Waals surface area (Å²) < 4.78 is 11.3. The summed E-state index contributed by atoms with van der Waals surface area (Å²) in [5, 5.41) is 0. The Morgan fingerprint density at radius 2 is 1.86 bits per heavy atom. The van der Waals surface area contributed by atoms with E-state index in [-0.39, 0.29) is 18.0 Å². The van der Waals surface area contributed by atoms with Gasteiger partial charge < -0.3 is 9.47 Å². The summed E-state index contributed by atoms with van der Waals surface area (Å²) in [5.74, 6) is 0.356. The fraction of sp³-hybridized carbons (Fsp3) is 0.278. The minimum atomic E-state index is -0.303. The lowest BCUT2D eigenvalue weighted by Gasteiger charge is -2.32. The van der Waals surface area contributed by atoms with Gasteiger partial charge in [0, 0.05) is 0 Å². The van der Waals surface area contributed by atoms with Gasteiger partial charge in [-0.05, 0) is 30.5 Å². The van der Waals surface area contributed by atoms with E-state index in [4.69, 9.17) is 9.47 Å². The van der Waals surface area contributed by atoms with Crippen molar-refractivity contribution in [2.75, 3.05) is 6.61 Å². The maximum Gasteiger partial charge on any atom is 0.313 e. The van der Waals surface area contributed by atoms with E-state index in [1.807, 2.05) is 61.5 Å². The van der Waals surface area contributed by atoms with Gasteiger partial charge in [-0.1, -0.05) is 48.5 Å². The Morgan fingerprint density at radius 1 is 1.14 bits per heavy atom. The standard InChI is InChI=1S/C18H18O3/c1-2-20-18(19)15-12-14-10-6-7-11-16(14)21-17(15)13-8-4-3-5-9-13/h3-11,15,17H,2,12H2,1H3. The molecule has 0 aliphatic carbocycles. The van der Waals surface area contributed by atoms with Crippen molar-refractivity contribution in [2.45, 2.75) is 19.4 Å². The molecule has 1 aliphatic heterocycles. The zero-order valence-corrected chi connectivity index (χ0v) is 12.0. The van der Waals surface area contributed by atoms with Crippen molar-refractivity contribution < 1.29 is 14.3 Å². The highest BCUT2D eigenvalue weighted by Gasteiger charge is 2.37. The van der Waals surface area contributed by atoms with Gasteiger partial charge >= 0.3 is 5.97 Å². The second-order valence-corrected chi connectivity index (χ2v) is 5.12. The van der Waals surface area contributed by atoms with Crippen molar-refractivity contribution in [3.05, 3.63) is 65.7 Å². The smallest absolute Gasteiger partial charge is 0.313 e. The molecule has 0 fully saturated rings. The van der Waals surface area contributed by atoms with Crippen LogP contribution in [0.25, 0.3) is 0 Å². The van der Waals surface area contributed by atoms with Crippen molar-refractivity contribution in [1.29, 1.82) is 0 Å². The Bertz CT molecular complexity index is 621. The lowest BCUT2D eigenvalue weighted by molar-refractivity contribution is -0.152. The second kappa shape index (κ2) is 6.00. The van der Waals surface area contributed by atoms with Crippen LogP contribution in [0.15, 0.2) is 54.6 Å². The SMILES string of the molecule is CCOC(=O)C1Cc2ccccc2OC1c1ccccc1. The van der Waals surface area contributed by atoms with Gasteiger partial charge in [0.2, 0.25) is 0 Å². The van der Waals surface area contributed by atoms with Crippen molar-refractivity contribution >= 4 is 5.97 Å². The molecule has 0 amide bonds. The number of hydrogen-bond donors (Lipinski definition) is 0. The Labute approximate surface area is 124 Å². The fourth-order valence-corrected chi connectivity index (χ4v) is 2.75. The molecule has 1 heterocycles. The van der Waals surface area contributed by atoms with Crippen LogP contribution in [0, 0.1) is 5.92 Å². The molecule has 2 aromatic rings. The van der Waals surface area contributed by atoms with Gasteiger partial charge in [0.05, 0.1) is 6.61 Å². The normalized spacial score (nSPS) is 20.2. The van der Waals surface area contributed by atoms with Gasteiger partial charge in [0.25, 0.3) is 0 Å². The van der Waals surface area contributed by atoms with Gasteiger partial charge in [0.1, 0.15) is 17.8 Å². The van der Waals surface area contributed by atoms with Crippen molar-refractivity contribution in [3.63, 3.8) is 0 Å². The topological polar surface area (TPSA) is 35.5 Å². The molecule has 3 rings (SSSR count). The van der Waals surface area contributed by atoms with Crippen LogP contribution >= 0.6 is 0 Å². The minimum absolute atomic E-state index is 0.194. The summed E-state index contributed by atoms with van der Waals surface area (Å²) in [6, 6.07) is 17.7. The minimum Gasteiger partial charge on any atom is -0.485 e. The Hall–Kier alpha value is -2.29. The molecule has 108 valence electrons. The molecule has 0 spiro atoms. The van der Waals surface area contributed by atoms with E-state index in [0.717, 1.165) is 16.9 Å². The second-order valence-electron chi connectivity index (χ2n) is 5.12. The summed E-state index contributed by atoms with van der Waals surface area (Å²) in [5.41, 5.74) is 2.06. The Kier molecular flexibility index (Phi) is 3.91. The average molecular weight is 282 g/mol. The van der Waals surface area contributed by atoms with Crippen LogP contribution in [0.5, 0.6) is 5.75 Å². The number of benzene rings is 2. The van der Waals surface area contributed by atoms with E-state index in [1.165, 1.54) is 0 Å². The molecule has 0 bridgehead atoms. The molecule has 3 nitrogen and oxygen atoms in total. The monoisotopic (exact) mass is 282 g/mol. The quantitative estimate of drug-likeness (QED) is 0.808. The molecule has 2 aromatic carbocycles. The third kappa shape index (κ3) is 2.77. The third-order valence-corrected chi connectivity index (χ3v) is 3.75. The van der Waals surface area contributed by atoms with E-state index in [1.54, 1.807) is 0 Å². The van der Waals surface area contributed by atoms with Crippen molar-refractivity contribution in [1.82, 2.24) is 0 Å². The average Bonchev–Trinajstić information content (AvgIpc) is 2.54. The first-order valence-corrected chi connectivity index (χ1v) is 7.25. The van der Waals surface area contributed by atoms with Crippen LogP contribution in [-0.4, -0.2) is 12.6 Å². The summed E-state index contributed by atoms with van der Waals surface area (Å²) in [6.45, 7) is 2.21. The van der Waals surface area contributed by atoms with E-state index >= 15 is 0 Å². The number of rotatable bonds is 3. The van der Waals surface area contributed by atoms with Crippen LogP contribution in [0.2, 0.25) is 0 Å². The summed E-state index contributed by atoms with van der Waals surface area (Å²) in [7, 11) is 0. The molecule has 2 atom stereocenters. The number of ether oxygens (including phenoxy) is 2. The number of carbonyl (C=O) groups is 1. The first-order chi connectivity index (χ1) is 10.3. The summed E-state index contributed by atoms with van der Waals surface area (Å²) >= 11 is 0. The van der Waals surface area contributed by atoms with Crippen molar-refractivity contribution in [2.24, 2.45) is 5.92 Å². The van der Waals surface area contributed by atoms with Crippen LogP contribution in [0.1, 0.15) is 24.2 Å². The largest absolute Gasteiger partial charge is 0.485 e. The van der Waals surface area contributed by atoms with Gasteiger partial charge in [-0.15, -0.1) is 0 Å². The maximum atomic E-state index is 12.3. The lowest BCUT2D eigenvalue weighted by Crippen LogP contribution is -2.33. The summed E-state index contributed by atoms with van der Waals surface area (Å²) in [6.07, 6.45) is 0.356. The highest BCUT2D eigenvalue weighted by atomic mass is 16.5. The maximum absolute atomic E-state index is 12.3.